The van der Waals surface area contributed by atoms with Crippen molar-refractivity contribution in [1.29, 1.82) is 0 Å². The number of nitrogens with two attached hydrogens (primary N) is 1. The summed E-state index contributed by atoms with van der Waals surface area (Å²) in [5.41, 5.74) is 10.5. The Labute approximate surface area is 499 Å². The molecule has 85 heavy (non-hydrogen) atoms. The fraction of sp³-hybridized carbons (Fsp3) is 0.567. The summed E-state index contributed by atoms with van der Waals surface area (Å²) in [6, 6.07) is 9.42. The van der Waals surface area contributed by atoms with Crippen molar-refractivity contribution < 1.29 is 56.4 Å². The highest BCUT2D eigenvalue weighted by Gasteiger charge is 2.43. The Bertz CT molecular complexity index is 3000. The predicted octanol–water partition coefficient (Wildman–Crippen LogP) is 4.51. The van der Waals surface area contributed by atoms with E-state index in [0.29, 0.717) is 122 Å². The quantitative estimate of drug-likeness (QED) is 0.0474. The maximum atomic E-state index is 14.7. The van der Waals surface area contributed by atoms with Crippen LogP contribution in [-0.2, 0) is 46.4 Å². The van der Waals surface area contributed by atoms with E-state index in [-0.39, 0.29) is 80.1 Å². The van der Waals surface area contributed by atoms with Crippen LogP contribution < -0.4 is 31.3 Å². The van der Waals surface area contributed by atoms with E-state index in [2.05, 4.69) is 30.7 Å². The van der Waals surface area contributed by atoms with Gasteiger partial charge in [0.1, 0.15) is 29.5 Å². The normalized spacial score (nSPS) is 19.8. The number of benzene rings is 2. The first-order valence-corrected chi connectivity index (χ1v) is 30.5. The fourth-order valence-electron chi connectivity index (χ4n) is 11.8. The van der Waals surface area contributed by atoms with E-state index in [1.165, 1.54) is 48.2 Å². The lowest BCUT2D eigenvalue weighted by Gasteiger charge is -2.38. The Balaban J connectivity index is 0.634. The number of methoxy groups -OCH3 is 1. The number of aliphatic imine (C=N–C) groups is 1. The van der Waals surface area contributed by atoms with Gasteiger partial charge in [0, 0.05) is 68.3 Å². The van der Waals surface area contributed by atoms with Crippen LogP contribution in [-0.4, -0.2) is 207 Å². The number of amides is 4. The van der Waals surface area contributed by atoms with Crippen molar-refractivity contribution in [1.82, 2.24) is 45.4 Å². The van der Waals surface area contributed by atoms with Crippen molar-refractivity contribution in [2.75, 3.05) is 130 Å². The summed E-state index contributed by atoms with van der Waals surface area (Å²) >= 11 is 1.49. The number of nitrogen functional groups attached to an aromatic ring is 1. The number of hydrogen-bond donors (Lipinski definition) is 4. The summed E-state index contributed by atoms with van der Waals surface area (Å²) < 4.78 is 58.7. The topological polar surface area (TPSA) is 250 Å². The van der Waals surface area contributed by atoms with Gasteiger partial charge < -0.3 is 65.0 Å². The van der Waals surface area contributed by atoms with Gasteiger partial charge in [-0.05, 0) is 126 Å². The molecule has 5 atom stereocenters. The molecular formula is C60H80F2N12O10S. The third kappa shape index (κ3) is 15.7. The Morgan fingerprint density at radius 3 is 2.24 bits per heavy atom. The van der Waals surface area contributed by atoms with Gasteiger partial charge in [-0.1, -0.05) is 0 Å². The number of ether oxygens (including phenoxy) is 5. The lowest BCUT2D eigenvalue weighted by atomic mass is 9.88. The lowest BCUT2D eigenvalue weighted by molar-refractivity contribution is -0.138. The highest BCUT2D eigenvalue weighted by atomic mass is 32.2. The molecule has 0 radical (unpaired) electrons. The SMILES string of the molecule is CN[C@H](C)C(=O)N[C@@H](C(=O)N1CCC[C@@H]1C1=NC(C(=O)c2ccc(F)cc2)CS1)C1CCN(CCOCCOCCOCCOCCC(=O)NCCn2nc3c(c2OC)-c2cnc(N)c(c2)N2CCC[C@@H]2c2cc(F)ccc2C(=O)N(C)C3)CC1. The van der Waals surface area contributed by atoms with E-state index in [9.17, 15) is 32.8 Å². The molecule has 1 unspecified atom stereocenters. The summed E-state index contributed by atoms with van der Waals surface area (Å²) in [6.07, 6.45) is 6.32. The number of nitrogens with one attached hydrogen (secondary N) is 3. The number of halogens is 2. The molecule has 0 saturated carbocycles. The molecule has 25 heteroatoms. The minimum atomic E-state index is -0.698. The van der Waals surface area contributed by atoms with Gasteiger partial charge in [0.25, 0.3) is 5.91 Å². The van der Waals surface area contributed by atoms with Gasteiger partial charge in [0.05, 0.1) is 113 Å². The van der Waals surface area contributed by atoms with Crippen LogP contribution in [0, 0.1) is 17.6 Å². The third-order valence-electron chi connectivity index (χ3n) is 16.5. The van der Waals surface area contributed by atoms with Gasteiger partial charge >= 0.3 is 0 Å². The third-order valence-corrected chi connectivity index (χ3v) is 17.6. The zero-order chi connectivity index (χ0) is 60.0. The first kappa shape index (κ1) is 62.9. The second-order valence-electron chi connectivity index (χ2n) is 22.0. The highest BCUT2D eigenvalue weighted by molar-refractivity contribution is 8.14. The van der Waals surface area contributed by atoms with Gasteiger partial charge in [-0.15, -0.1) is 11.8 Å². The standard InChI is InChI=1S/C60H80F2N12O10S/c1-38(64-2)56(77)68-53(59(79)73-20-6-8-49(73)57-67-47(37-85-57)54(76)40-9-11-42(61)12-10-40)39-15-21-71(22-16-39)24-26-82-28-30-84-32-31-83-29-27-81-25-17-51(75)65-18-23-74-60(80-4)52-41-33-50(55(63)66-35-41)72-19-5-7-48(72)45-34-43(62)13-14-44(45)58(78)70(3)36-46(52)69-74/h9-14,33-35,38-39,47-49,53,64H,5-8,15-32,36-37H2,1-4H3,(H2,63,66)(H,65,75)(H,68,77)/t38-,47?,48-,49-,53-/m1/s1. The van der Waals surface area contributed by atoms with Gasteiger partial charge in [-0.2, -0.15) is 5.10 Å². The molecule has 460 valence electrons. The van der Waals surface area contributed by atoms with Crippen molar-refractivity contribution in [3.63, 3.8) is 0 Å². The van der Waals surface area contributed by atoms with Crippen LogP contribution in [0.1, 0.15) is 89.9 Å². The molecule has 2 aromatic carbocycles. The molecule has 7 heterocycles. The first-order valence-electron chi connectivity index (χ1n) is 29.5. The van der Waals surface area contributed by atoms with E-state index in [4.69, 9.17) is 39.5 Å². The Morgan fingerprint density at radius 2 is 1.52 bits per heavy atom. The average Bonchev–Trinajstić information content (AvgIpc) is 4.29. The molecule has 4 amide bonds. The Kier molecular flexibility index (Phi) is 22.3. The van der Waals surface area contributed by atoms with Crippen LogP contribution >= 0.6 is 11.8 Å². The molecule has 9 rings (SSSR count). The van der Waals surface area contributed by atoms with Crippen molar-refractivity contribution in [3.05, 3.63) is 88.7 Å². The summed E-state index contributed by atoms with van der Waals surface area (Å²) in [4.78, 5) is 85.0. The summed E-state index contributed by atoms with van der Waals surface area (Å²) in [5.74, 6) is -0.653. The molecule has 0 aliphatic carbocycles. The van der Waals surface area contributed by atoms with Crippen molar-refractivity contribution >= 4 is 57.7 Å². The van der Waals surface area contributed by atoms with Crippen LogP contribution in [0.5, 0.6) is 5.88 Å². The maximum absolute atomic E-state index is 14.7. The molecule has 0 spiro atoms. The van der Waals surface area contributed by atoms with E-state index in [1.807, 2.05) is 11.0 Å². The minimum absolute atomic E-state index is 0.0610. The van der Waals surface area contributed by atoms with Gasteiger partial charge in [-0.25, -0.2) is 18.4 Å². The molecule has 5 N–H and O–H groups in total. The first-order chi connectivity index (χ1) is 41.2. The van der Waals surface area contributed by atoms with Crippen LogP contribution in [0.3, 0.4) is 0 Å². The molecule has 2 aromatic heterocycles. The molecule has 5 aliphatic rings. The minimum Gasteiger partial charge on any atom is -0.481 e. The second-order valence-corrected chi connectivity index (χ2v) is 23.0. The fourth-order valence-corrected chi connectivity index (χ4v) is 13.0. The number of nitrogens with zero attached hydrogens (tertiary/aromatic N) is 8. The number of rotatable bonds is 27. The monoisotopic (exact) mass is 1200 g/mol. The largest absolute Gasteiger partial charge is 0.481 e. The number of anilines is 2. The van der Waals surface area contributed by atoms with Gasteiger partial charge in [0.2, 0.25) is 23.6 Å². The number of ketones is 1. The molecule has 3 saturated heterocycles. The smallest absolute Gasteiger partial charge is 0.254 e. The van der Waals surface area contributed by atoms with E-state index in [1.54, 1.807) is 50.0 Å². The van der Waals surface area contributed by atoms with Gasteiger partial charge in [0.15, 0.2) is 5.78 Å². The van der Waals surface area contributed by atoms with Crippen molar-refractivity contribution in [2.24, 2.45) is 10.9 Å². The number of thioether (sulfide) groups is 1. The molecule has 22 nitrogen and oxygen atoms in total. The number of Topliss-reactive ketones (excluding diaryl/α,β-unsaturated/α-hetero) is 1. The molecule has 4 aromatic rings. The predicted molar refractivity (Wildman–Crippen MR) is 318 cm³/mol. The highest BCUT2D eigenvalue weighted by Crippen LogP contribution is 2.44. The summed E-state index contributed by atoms with van der Waals surface area (Å²) in [5, 5.41) is 14.6. The molecular weight excluding hydrogens is 1120 g/mol. The number of pyridine rings is 1. The number of likely N-dealkylation sites (N-methyl/N-ethyl adjacent to an activating group) is 1. The Hall–Kier alpha value is -6.61. The van der Waals surface area contributed by atoms with Crippen LogP contribution in [0.4, 0.5) is 20.3 Å². The second kappa shape index (κ2) is 30.1. The Morgan fingerprint density at radius 1 is 0.835 bits per heavy atom. The van der Waals surface area contributed by atoms with Crippen molar-refractivity contribution in [2.45, 2.75) is 95.2 Å². The van der Waals surface area contributed by atoms with Crippen LogP contribution in [0.2, 0.25) is 0 Å². The zero-order valence-corrected chi connectivity index (χ0v) is 49.8. The van der Waals surface area contributed by atoms with E-state index < -0.39 is 29.8 Å². The number of hydrogen-bond acceptors (Lipinski definition) is 18. The number of likely N-dealkylation sites (tertiary alicyclic amines) is 2. The number of carbonyl (C=O) groups excluding carboxylic acids is 5. The van der Waals surface area contributed by atoms with E-state index >= 15 is 0 Å². The molecule has 5 aliphatic heterocycles. The van der Waals surface area contributed by atoms with E-state index in [0.717, 1.165) is 56.8 Å². The average molecular weight is 1200 g/mol. The number of piperidine rings is 1. The molecule has 3 fully saturated rings. The van der Waals surface area contributed by atoms with Crippen LogP contribution in [0.25, 0.3) is 11.1 Å². The van der Waals surface area contributed by atoms with Crippen molar-refractivity contribution in [3.8, 4) is 17.0 Å². The zero-order valence-electron chi connectivity index (χ0n) is 49.0. The maximum Gasteiger partial charge on any atom is 0.254 e. The summed E-state index contributed by atoms with van der Waals surface area (Å²) in [6.45, 7) is 8.81. The molecule has 2 bridgehead atoms. The van der Waals surface area contributed by atoms with Crippen LogP contribution in [0.15, 0.2) is 59.7 Å². The van der Waals surface area contributed by atoms with Gasteiger partial charge in [-0.3, -0.25) is 29.0 Å². The lowest BCUT2D eigenvalue weighted by Crippen LogP contribution is -2.58. The summed E-state index contributed by atoms with van der Waals surface area (Å²) in [7, 11) is 4.95. The number of aromatic nitrogens is 3. The number of fused-ring (bicyclic) bond motifs is 8. The number of carbonyl (C=O) groups is 5.